The van der Waals surface area contributed by atoms with Gasteiger partial charge in [0.05, 0.1) is 11.8 Å². The van der Waals surface area contributed by atoms with E-state index in [0.717, 1.165) is 6.42 Å². The van der Waals surface area contributed by atoms with Crippen LogP contribution in [-0.2, 0) is 0 Å². The van der Waals surface area contributed by atoms with Gasteiger partial charge in [-0.05, 0) is 24.1 Å². The zero-order chi connectivity index (χ0) is 10.1. The molecule has 0 aliphatic carbocycles. The van der Waals surface area contributed by atoms with Gasteiger partial charge in [-0.2, -0.15) is 0 Å². The Morgan fingerprint density at radius 3 is 3.00 bits per heavy atom. The summed E-state index contributed by atoms with van der Waals surface area (Å²) in [4.78, 5) is 13.5. The second-order valence-corrected chi connectivity index (χ2v) is 3.75. The zero-order valence-corrected chi connectivity index (χ0v) is 8.33. The maximum atomic E-state index is 11.8. The second-order valence-electron chi connectivity index (χ2n) is 3.41. The number of carbonyl (C=O) groups excluding carboxylic acids is 1. The van der Waals surface area contributed by atoms with Gasteiger partial charge in [0.2, 0.25) is 5.22 Å². The number of hydrogen-bond donors (Lipinski definition) is 1. The first-order valence-corrected chi connectivity index (χ1v) is 4.84. The number of nitrogens with two attached hydrogens (primary N) is 1. The van der Waals surface area contributed by atoms with Crippen LogP contribution in [-0.4, -0.2) is 29.9 Å². The summed E-state index contributed by atoms with van der Waals surface area (Å²) in [5, 5.41) is 0.149. The van der Waals surface area contributed by atoms with Crippen molar-refractivity contribution < 1.29 is 9.21 Å². The average molecular weight is 215 g/mol. The van der Waals surface area contributed by atoms with Gasteiger partial charge in [0.1, 0.15) is 0 Å². The molecule has 5 heteroatoms. The highest BCUT2D eigenvalue weighted by atomic mass is 35.5. The van der Waals surface area contributed by atoms with Crippen LogP contribution in [0.5, 0.6) is 0 Å². The fourth-order valence-corrected chi connectivity index (χ4v) is 1.78. The third-order valence-corrected chi connectivity index (χ3v) is 2.65. The fourth-order valence-electron chi connectivity index (χ4n) is 1.59. The molecule has 1 saturated heterocycles. The third kappa shape index (κ3) is 1.63. The first-order valence-electron chi connectivity index (χ1n) is 4.46. The molecule has 0 aromatic carbocycles. The van der Waals surface area contributed by atoms with Crippen LogP contribution in [0.2, 0.25) is 5.22 Å². The van der Waals surface area contributed by atoms with Crippen LogP contribution < -0.4 is 5.73 Å². The highest BCUT2D eigenvalue weighted by molar-refractivity contribution is 6.32. The van der Waals surface area contributed by atoms with E-state index < -0.39 is 0 Å². The lowest BCUT2D eigenvalue weighted by atomic mass is 10.3. The van der Waals surface area contributed by atoms with Gasteiger partial charge in [0, 0.05) is 19.1 Å². The van der Waals surface area contributed by atoms with E-state index in [2.05, 4.69) is 0 Å². The number of amides is 1. The number of hydrogen-bond acceptors (Lipinski definition) is 3. The first kappa shape index (κ1) is 9.55. The fraction of sp³-hybridized carbons (Fsp3) is 0.444. The van der Waals surface area contributed by atoms with Crippen molar-refractivity contribution in [1.29, 1.82) is 0 Å². The van der Waals surface area contributed by atoms with E-state index in [0.29, 0.717) is 18.7 Å². The van der Waals surface area contributed by atoms with Crippen molar-refractivity contribution in [3.63, 3.8) is 0 Å². The molecule has 1 atom stereocenters. The molecule has 76 valence electrons. The zero-order valence-electron chi connectivity index (χ0n) is 7.57. The van der Waals surface area contributed by atoms with E-state index in [1.165, 1.54) is 6.26 Å². The molecule has 14 heavy (non-hydrogen) atoms. The highest BCUT2D eigenvalue weighted by Gasteiger charge is 2.26. The number of halogens is 1. The van der Waals surface area contributed by atoms with E-state index in [4.69, 9.17) is 21.8 Å². The molecule has 1 fully saturated rings. The van der Waals surface area contributed by atoms with Crippen LogP contribution in [0, 0.1) is 0 Å². The molecule has 4 nitrogen and oxygen atoms in total. The Morgan fingerprint density at radius 2 is 2.50 bits per heavy atom. The van der Waals surface area contributed by atoms with E-state index in [-0.39, 0.29) is 17.2 Å². The van der Waals surface area contributed by atoms with Crippen LogP contribution in [0.3, 0.4) is 0 Å². The van der Waals surface area contributed by atoms with Gasteiger partial charge in [0.15, 0.2) is 0 Å². The number of nitrogens with zero attached hydrogens (tertiary/aromatic N) is 1. The van der Waals surface area contributed by atoms with E-state index in [9.17, 15) is 4.79 Å². The van der Waals surface area contributed by atoms with Crippen LogP contribution >= 0.6 is 11.6 Å². The molecular formula is C9H11ClN2O2. The van der Waals surface area contributed by atoms with Crippen molar-refractivity contribution in [2.75, 3.05) is 13.1 Å². The van der Waals surface area contributed by atoms with Crippen molar-refractivity contribution in [2.45, 2.75) is 12.5 Å². The van der Waals surface area contributed by atoms with Crippen molar-refractivity contribution in [2.24, 2.45) is 5.73 Å². The Morgan fingerprint density at radius 1 is 1.71 bits per heavy atom. The lowest BCUT2D eigenvalue weighted by molar-refractivity contribution is 0.0790. The topological polar surface area (TPSA) is 59.5 Å². The molecule has 1 amide bonds. The lowest BCUT2D eigenvalue weighted by Crippen LogP contribution is -2.31. The Balaban J connectivity index is 2.13. The molecule has 1 unspecified atom stereocenters. The molecular weight excluding hydrogens is 204 g/mol. The molecule has 0 saturated carbocycles. The first-order chi connectivity index (χ1) is 6.68. The summed E-state index contributed by atoms with van der Waals surface area (Å²) in [6.45, 7) is 1.29. The Kier molecular flexibility index (Phi) is 2.48. The number of furan rings is 1. The van der Waals surface area contributed by atoms with Gasteiger partial charge < -0.3 is 15.1 Å². The molecule has 1 aliphatic rings. The van der Waals surface area contributed by atoms with Crippen LogP contribution in [0.15, 0.2) is 16.7 Å². The SMILES string of the molecule is NC1CCN(C(=O)c2ccoc2Cl)C1. The normalized spacial score (nSPS) is 21.6. The highest BCUT2D eigenvalue weighted by Crippen LogP contribution is 2.20. The maximum absolute atomic E-state index is 11.8. The molecule has 2 rings (SSSR count). The lowest BCUT2D eigenvalue weighted by Gasteiger charge is -2.14. The third-order valence-electron chi connectivity index (χ3n) is 2.36. The molecule has 0 spiro atoms. The summed E-state index contributed by atoms with van der Waals surface area (Å²) < 4.78 is 4.86. The minimum absolute atomic E-state index is 0.0876. The van der Waals surface area contributed by atoms with E-state index in [1.54, 1.807) is 11.0 Å². The molecule has 2 heterocycles. The van der Waals surface area contributed by atoms with Crippen LogP contribution in [0.4, 0.5) is 0 Å². The van der Waals surface area contributed by atoms with Gasteiger partial charge in [-0.3, -0.25) is 4.79 Å². The second kappa shape index (κ2) is 3.63. The molecule has 2 N–H and O–H groups in total. The summed E-state index contributed by atoms with van der Waals surface area (Å²) in [5.41, 5.74) is 6.12. The van der Waals surface area contributed by atoms with Crippen molar-refractivity contribution in [3.8, 4) is 0 Å². The Labute approximate surface area is 86.6 Å². The van der Waals surface area contributed by atoms with Gasteiger partial charge in [0.25, 0.3) is 5.91 Å². The molecule has 1 aromatic rings. The summed E-state index contributed by atoms with van der Waals surface area (Å²) in [7, 11) is 0. The van der Waals surface area contributed by atoms with Crippen molar-refractivity contribution in [3.05, 3.63) is 23.1 Å². The smallest absolute Gasteiger partial charge is 0.258 e. The molecule has 1 aliphatic heterocycles. The quantitative estimate of drug-likeness (QED) is 0.762. The van der Waals surface area contributed by atoms with E-state index in [1.807, 2.05) is 0 Å². The van der Waals surface area contributed by atoms with Crippen LogP contribution in [0.25, 0.3) is 0 Å². The van der Waals surface area contributed by atoms with Crippen molar-refractivity contribution in [1.82, 2.24) is 4.90 Å². The monoisotopic (exact) mass is 214 g/mol. The van der Waals surface area contributed by atoms with Crippen molar-refractivity contribution >= 4 is 17.5 Å². The van der Waals surface area contributed by atoms with E-state index >= 15 is 0 Å². The summed E-state index contributed by atoms with van der Waals surface area (Å²) >= 11 is 5.70. The molecule has 0 radical (unpaired) electrons. The summed E-state index contributed by atoms with van der Waals surface area (Å²) in [6.07, 6.45) is 2.26. The number of carbonyl (C=O) groups is 1. The predicted octanol–water partition coefficient (Wildman–Crippen LogP) is 1.11. The van der Waals surface area contributed by atoms with Gasteiger partial charge in [-0.15, -0.1) is 0 Å². The van der Waals surface area contributed by atoms with Gasteiger partial charge in [-0.25, -0.2) is 0 Å². The Hall–Kier alpha value is -1.00. The van der Waals surface area contributed by atoms with Gasteiger partial charge in [-0.1, -0.05) is 0 Å². The largest absolute Gasteiger partial charge is 0.452 e. The number of rotatable bonds is 1. The molecule has 1 aromatic heterocycles. The minimum Gasteiger partial charge on any atom is -0.452 e. The standard InChI is InChI=1S/C9H11ClN2O2/c10-8-7(2-4-14-8)9(13)12-3-1-6(11)5-12/h2,4,6H,1,3,5,11H2. The van der Waals surface area contributed by atoms with Crippen LogP contribution in [0.1, 0.15) is 16.8 Å². The average Bonchev–Trinajstić information content (AvgIpc) is 2.73. The minimum atomic E-state index is -0.100. The predicted molar refractivity (Wildman–Crippen MR) is 52.2 cm³/mol. The Bertz CT molecular complexity index is 350. The number of likely N-dealkylation sites (tertiary alicyclic amines) is 1. The van der Waals surface area contributed by atoms with Gasteiger partial charge >= 0.3 is 0 Å². The summed E-state index contributed by atoms with van der Waals surface area (Å²) in [5.74, 6) is -0.100. The maximum Gasteiger partial charge on any atom is 0.258 e. The molecule has 0 bridgehead atoms. The summed E-state index contributed by atoms with van der Waals surface area (Å²) in [6, 6.07) is 1.67.